The van der Waals surface area contributed by atoms with E-state index >= 15 is 0 Å². The lowest BCUT2D eigenvalue weighted by Gasteiger charge is -2.35. The van der Waals surface area contributed by atoms with E-state index in [0.717, 1.165) is 35.7 Å². The van der Waals surface area contributed by atoms with Crippen LogP contribution in [0.2, 0.25) is 0 Å². The van der Waals surface area contributed by atoms with Gasteiger partial charge < -0.3 is 10.1 Å². The van der Waals surface area contributed by atoms with Crippen molar-refractivity contribution in [2.24, 2.45) is 0 Å². The van der Waals surface area contributed by atoms with Crippen LogP contribution in [0.1, 0.15) is 18.4 Å². The minimum absolute atomic E-state index is 0.255. The Labute approximate surface area is 128 Å². The fourth-order valence-electron chi connectivity index (χ4n) is 3.31. The maximum Gasteiger partial charge on any atom is 0.147 e. The molecule has 0 amide bonds. The molecule has 0 spiro atoms. The molecule has 2 aliphatic rings. The molecule has 112 valence electrons. The molecule has 2 saturated heterocycles. The number of rotatable bonds is 3. The molecule has 2 aliphatic heterocycles. The molecule has 4 rings (SSSR count). The van der Waals surface area contributed by atoms with Crippen LogP contribution in [0.25, 0.3) is 10.2 Å². The summed E-state index contributed by atoms with van der Waals surface area (Å²) in [6, 6.07) is 0.659. The standard InChI is InChI=1S/C15H20N4OS/c1-10-8-21-14-13(10)17-9-18-15(14)16-5-12-6-19-4-2-3-11(19)7-20-12/h8-9,11-12H,2-7H2,1H3,(H,16,17,18). The van der Waals surface area contributed by atoms with Gasteiger partial charge in [-0.2, -0.15) is 0 Å². The number of aryl methyl sites for hydroxylation is 1. The van der Waals surface area contributed by atoms with Gasteiger partial charge in [0.25, 0.3) is 0 Å². The molecule has 2 fully saturated rings. The summed E-state index contributed by atoms with van der Waals surface area (Å²) >= 11 is 1.70. The van der Waals surface area contributed by atoms with Gasteiger partial charge >= 0.3 is 0 Å². The fraction of sp³-hybridized carbons (Fsp3) is 0.600. The van der Waals surface area contributed by atoms with Gasteiger partial charge in [-0.15, -0.1) is 11.3 Å². The number of thiophene rings is 1. The molecule has 4 heterocycles. The molecule has 2 aromatic heterocycles. The van der Waals surface area contributed by atoms with Gasteiger partial charge in [-0.05, 0) is 37.3 Å². The van der Waals surface area contributed by atoms with Crippen LogP contribution >= 0.6 is 11.3 Å². The zero-order valence-electron chi connectivity index (χ0n) is 12.2. The first-order chi connectivity index (χ1) is 10.3. The second kappa shape index (κ2) is 5.51. The maximum atomic E-state index is 5.99. The summed E-state index contributed by atoms with van der Waals surface area (Å²) in [4.78, 5) is 11.3. The topological polar surface area (TPSA) is 50.3 Å². The highest BCUT2D eigenvalue weighted by atomic mass is 32.1. The van der Waals surface area contributed by atoms with Crippen molar-refractivity contribution < 1.29 is 4.74 Å². The predicted molar refractivity (Wildman–Crippen MR) is 85.0 cm³/mol. The molecular formula is C15H20N4OS. The third-order valence-corrected chi connectivity index (χ3v) is 5.58. The molecule has 0 bridgehead atoms. The monoisotopic (exact) mass is 304 g/mol. The molecular weight excluding hydrogens is 284 g/mol. The van der Waals surface area contributed by atoms with E-state index in [1.807, 2.05) is 0 Å². The first-order valence-corrected chi connectivity index (χ1v) is 8.47. The number of hydrogen-bond acceptors (Lipinski definition) is 6. The average molecular weight is 304 g/mol. The molecule has 0 aliphatic carbocycles. The average Bonchev–Trinajstić information content (AvgIpc) is 3.12. The first kappa shape index (κ1) is 13.4. The van der Waals surface area contributed by atoms with Crippen LogP contribution < -0.4 is 5.32 Å². The van der Waals surface area contributed by atoms with Gasteiger partial charge in [0.05, 0.1) is 22.9 Å². The molecule has 1 N–H and O–H groups in total. The summed E-state index contributed by atoms with van der Waals surface area (Å²) in [5.74, 6) is 0.935. The molecule has 0 radical (unpaired) electrons. The van der Waals surface area contributed by atoms with Crippen LogP contribution in [-0.4, -0.2) is 53.3 Å². The number of aromatic nitrogens is 2. The van der Waals surface area contributed by atoms with Gasteiger partial charge in [0.2, 0.25) is 0 Å². The van der Waals surface area contributed by atoms with E-state index in [-0.39, 0.29) is 6.10 Å². The molecule has 2 unspecified atom stereocenters. The van der Waals surface area contributed by atoms with E-state index in [4.69, 9.17) is 4.74 Å². The smallest absolute Gasteiger partial charge is 0.147 e. The Morgan fingerprint density at radius 2 is 2.43 bits per heavy atom. The highest BCUT2D eigenvalue weighted by molar-refractivity contribution is 7.18. The van der Waals surface area contributed by atoms with Crippen LogP contribution in [0.5, 0.6) is 0 Å². The van der Waals surface area contributed by atoms with Crippen LogP contribution in [0.3, 0.4) is 0 Å². The van der Waals surface area contributed by atoms with E-state index < -0.39 is 0 Å². The lowest BCUT2D eigenvalue weighted by atomic mass is 10.2. The number of nitrogens with zero attached hydrogens (tertiary/aromatic N) is 3. The van der Waals surface area contributed by atoms with Gasteiger partial charge in [-0.3, -0.25) is 4.90 Å². The van der Waals surface area contributed by atoms with E-state index in [2.05, 4.69) is 32.5 Å². The number of hydrogen-bond donors (Lipinski definition) is 1. The molecule has 0 aromatic carbocycles. The van der Waals surface area contributed by atoms with E-state index in [1.165, 1.54) is 24.9 Å². The summed E-state index contributed by atoms with van der Waals surface area (Å²) in [6.07, 6.45) is 4.50. The SMILES string of the molecule is Cc1csc2c(NCC3CN4CCCC4CO3)ncnc12. The van der Waals surface area contributed by atoms with Crippen molar-refractivity contribution in [2.45, 2.75) is 31.9 Å². The van der Waals surface area contributed by atoms with Crippen LogP contribution in [0, 0.1) is 6.92 Å². The van der Waals surface area contributed by atoms with Crippen molar-refractivity contribution in [1.82, 2.24) is 14.9 Å². The Hall–Kier alpha value is -1.24. The largest absolute Gasteiger partial charge is 0.373 e. The Morgan fingerprint density at radius 3 is 3.38 bits per heavy atom. The van der Waals surface area contributed by atoms with E-state index in [9.17, 15) is 0 Å². The highest BCUT2D eigenvalue weighted by Crippen LogP contribution is 2.29. The summed E-state index contributed by atoms with van der Waals surface area (Å²) in [5, 5.41) is 5.59. The number of ether oxygens (including phenoxy) is 1. The zero-order valence-corrected chi connectivity index (χ0v) is 13.0. The van der Waals surface area contributed by atoms with Crippen LogP contribution in [0.4, 0.5) is 5.82 Å². The summed E-state index contributed by atoms with van der Waals surface area (Å²) in [6.45, 7) is 6.05. The molecule has 21 heavy (non-hydrogen) atoms. The predicted octanol–water partition coefficient (Wildman–Crippen LogP) is 2.27. The van der Waals surface area contributed by atoms with Crippen LogP contribution in [0.15, 0.2) is 11.7 Å². The quantitative estimate of drug-likeness (QED) is 0.943. The van der Waals surface area contributed by atoms with Crippen molar-refractivity contribution in [2.75, 3.05) is 31.6 Å². The minimum atomic E-state index is 0.255. The molecule has 2 aromatic rings. The second-order valence-electron chi connectivity index (χ2n) is 5.95. The van der Waals surface area contributed by atoms with Crippen molar-refractivity contribution in [3.8, 4) is 0 Å². The fourth-order valence-corrected chi connectivity index (χ4v) is 4.28. The Bertz CT molecular complexity index is 644. The molecule has 6 heteroatoms. The highest BCUT2D eigenvalue weighted by Gasteiger charge is 2.32. The van der Waals surface area contributed by atoms with Crippen molar-refractivity contribution >= 4 is 27.4 Å². The Morgan fingerprint density at radius 1 is 1.48 bits per heavy atom. The maximum absolute atomic E-state index is 5.99. The van der Waals surface area contributed by atoms with Crippen molar-refractivity contribution in [3.63, 3.8) is 0 Å². The lowest BCUT2D eigenvalue weighted by molar-refractivity contribution is -0.0415. The summed E-state index contributed by atoms with van der Waals surface area (Å²) < 4.78 is 7.13. The number of fused-ring (bicyclic) bond motifs is 2. The van der Waals surface area contributed by atoms with Gasteiger partial charge in [-0.25, -0.2) is 9.97 Å². The van der Waals surface area contributed by atoms with Crippen molar-refractivity contribution in [3.05, 3.63) is 17.3 Å². The van der Waals surface area contributed by atoms with Gasteiger partial charge in [0, 0.05) is 19.1 Å². The van der Waals surface area contributed by atoms with E-state index in [1.54, 1.807) is 17.7 Å². The molecule has 0 saturated carbocycles. The zero-order chi connectivity index (χ0) is 14.2. The first-order valence-electron chi connectivity index (χ1n) is 7.59. The summed E-state index contributed by atoms with van der Waals surface area (Å²) in [7, 11) is 0. The van der Waals surface area contributed by atoms with Crippen molar-refractivity contribution in [1.29, 1.82) is 0 Å². The lowest BCUT2D eigenvalue weighted by Crippen LogP contribution is -2.48. The second-order valence-corrected chi connectivity index (χ2v) is 6.83. The van der Waals surface area contributed by atoms with Gasteiger partial charge in [0.15, 0.2) is 0 Å². The van der Waals surface area contributed by atoms with Crippen LogP contribution in [-0.2, 0) is 4.74 Å². The number of anilines is 1. The van der Waals surface area contributed by atoms with E-state index in [0.29, 0.717) is 6.04 Å². The number of nitrogens with one attached hydrogen (secondary N) is 1. The minimum Gasteiger partial charge on any atom is -0.373 e. The number of morpholine rings is 1. The Kier molecular flexibility index (Phi) is 3.52. The van der Waals surface area contributed by atoms with Gasteiger partial charge in [-0.1, -0.05) is 0 Å². The third-order valence-electron chi connectivity index (χ3n) is 4.49. The molecule has 5 nitrogen and oxygen atoms in total. The summed E-state index contributed by atoms with van der Waals surface area (Å²) in [5.41, 5.74) is 2.27. The Balaban J connectivity index is 1.44. The third kappa shape index (κ3) is 2.52. The molecule has 2 atom stereocenters. The van der Waals surface area contributed by atoms with Gasteiger partial charge in [0.1, 0.15) is 12.1 Å². The normalized spacial score (nSPS) is 26.1.